The molecule has 0 spiro atoms. The maximum atomic E-state index is 13.1. The summed E-state index contributed by atoms with van der Waals surface area (Å²) in [6.45, 7) is 7.62. The van der Waals surface area contributed by atoms with Crippen LogP contribution in [0, 0.1) is 0 Å². The fourth-order valence-electron chi connectivity index (χ4n) is 4.44. The van der Waals surface area contributed by atoms with Crippen molar-refractivity contribution in [3.8, 4) is 5.75 Å². The number of nitrogens with zero attached hydrogens (tertiary/aromatic N) is 2. The molecule has 0 radical (unpaired) electrons. The minimum absolute atomic E-state index is 0.0526. The molecule has 2 aromatic carbocycles. The number of phenols is 1. The zero-order valence-electron chi connectivity index (χ0n) is 20.5. The summed E-state index contributed by atoms with van der Waals surface area (Å²) in [6.07, 6.45) is 5.23. The van der Waals surface area contributed by atoms with E-state index < -0.39 is 17.7 Å². The predicted octanol–water partition coefficient (Wildman–Crippen LogP) is 5.76. The van der Waals surface area contributed by atoms with Gasteiger partial charge in [0.2, 0.25) is 0 Å². The Morgan fingerprint density at radius 2 is 1.49 bits per heavy atom. The number of hydrogen-bond donors (Lipinski definition) is 2. The van der Waals surface area contributed by atoms with E-state index in [1.807, 2.05) is 0 Å². The highest BCUT2D eigenvalue weighted by atomic mass is 35.5. The van der Waals surface area contributed by atoms with E-state index >= 15 is 0 Å². The Labute approximate surface area is 212 Å². The molecule has 0 aromatic heterocycles. The van der Waals surface area contributed by atoms with Crippen LogP contribution in [-0.4, -0.2) is 57.9 Å². The molecular formula is C28H35ClN2O4. The average molecular weight is 499 g/mol. The summed E-state index contributed by atoms with van der Waals surface area (Å²) in [5.41, 5.74) is 1.13. The number of rotatable bonds is 12. The molecule has 0 aliphatic carbocycles. The molecule has 2 aromatic rings. The Morgan fingerprint density at radius 3 is 2.06 bits per heavy atom. The van der Waals surface area contributed by atoms with Gasteiger partial charge in [0, 0.05) is 17.1 Å². The highest BCUT2D eigenvalue weighted by Gasteiger charge is 2.45. The van der Waals surface area contributed by atoms with Crippen molar-refractivity contribution in [3.63, 3.8) is 0 Å². The van der Waals surface area contributed by atoms with Crippen LogP contribution < -0.4 is 0 Å². The van der Waals surface area contributed by atoms with Crippen LogP contribution >= 0.6 is 11.6 Å². The first-order valence-electron chi connectivity index (χ1n) is 12.4. The summed E-state index contributed by atoms with van der Waals surface area (Å²) in [5.74, 6) is -1.46. The van der Waals surface area contributed by atoms with Gasteiger partial charge in [0.15, 0.2) is 0 Å². The van der Waals surface area contributed by atoms with Crippen molar-refractivity contribution in [3.05, 3.63) is 70.3 Å². The lowest BCUT2D eigenvalue weighted by Crippen LogP contribution is -2.34. The lowest BCUT2D eigenvalue weighted by Gasteiger charge is -2.27. The number of aliphatic hydroxyl groups is 1. The minimum atomic E-state index is -0.731. The lowest BCUT2D eigenvalue weighted by molar-refractivity contribution is -0.140. The fourth-order valence-corrected chi connectivity index (χ4v) is 4.57. The standard InChI is InChI=1S/C28H35ClN2O4/c1-3-5-16-30(17-6-4-2)18-7-19-31-25(20-10-14-23(32)15-11-20)24(27(34)28(31)35)26(33)21-8-12-22(29)13-9-21/h8-15,25,32-33H,3-7,16-19H2,1-2H3/b26-24+. The summed E-state index contributed by atoms with van der Waals surface area (Å²) in [5, 5.41) is 21.4. The molecule has 1 aliphatic heterocycles. The molecule has 0 bridgehead atoms. The molecule has 1 atom stereocenters. The molecule has 0 saturated carbocycles. The van der Waals surface area contributed by atoms with Crippen LogP contribution in [0.25, 0.3) is 5.76 Å². The molecule has 35 heavy (non-hydrogen) atoms. The van der Waals surface area contributed by atoms with Gasteiger partial charge in [-0.3, -0.25) is 9.59 Å². The van der Waals surface area contributed by atoms with E-state index in [2.05, 4.69) is 18.7 Å². The van der Waals surface area contributed by atoms with Crippen LogP contribution in [0.4, 0.5) is 0 Å². The summed E-state index contributed by atoms with van der Waals surface area (Å²) in [7, 11) is 0. The summed E-state index contributed by atoms with van der Waals surface area (Å²) in [4.78, 5) is 30.2. The third kappa shape index (κ3) is 6.65. The maximum Gasteiger partial charge on any atom is 0.295 e. The van der Waals surface area contributed by atoms with Crippen molar-refractivity contribution in [2.75, 3.05) is 26.2 Å². The van der Waals surface area contributed by atoms with Crippen LogP contribution in [0.15, 0.2) is 54.1 Å². The van der Waals surface area contributed by atoms with E-state index in [0.717, 1.165) is 51.7 Å². The first-order chi connectivity index (χ1) is 16.9. The number of halogens is 1. The number of hydrogen-bond acceptors (Lipinski definition) is 5. The maximum absolute atomic E-state index is 13.1. The molecule has 6 nitrogen and oxygen atoms in total. The van der Waals surface area contributed by atoms with Crippen molar-refractivity contribution in [2.45, 2.75) is 52.0 Å². The predicted molar refractivity (Wildman–Crippen MR) is 139 cm³/mol. The molecule has 2 N–H and O–H groups in total. The van der Waals surface area contributed by atoms with Crippen LogP contribution in [-0.2, 0) is 9.59 Å². The molecule has 188 valence electrons. The van der Waals surface area contributed by atoms with Gasteiger partial charge < -0.3 is 20.0 Å². The molecule has 1 fully saturated rings. The second-order valence-electron chi connectivity index (χ2n) is 8.99. The molecular weight excluding hydrogens is 464 g/mol. The van der Waals surface area contributed by atoms with Crippen molar-refractivity contribution in [1.29, 1.82) is 0 Å². The van der Waals surface area contributed by atoms with Crippen LogP contribution in [0.1, 0.15) is 63.1 Å². The first-order valence-corrected chi connectivity index (χ1v) is 12.8. The van der Waals surface area contributed by atoms with E-state index in [9.17, 15) is 19.8 Å². The Bertz CT molecular complexity index is 1030. The molecule has 1 saturated heterocycles. The second kappa shape index (κ2) is 12.8. The average Bonchev–Trinajstić information content (AvgIpc) is 3.10. The third-order valence-corrected chi connectivity index (χ3v) is 6.65. The zero-order valence-corrected chi connectivity index (χ0v) is 21.3. The summed E-state index contributed by atoms with van der Waals surface area (Å²) < 4.78 is 0. The number of phenolic OH excluding ortho intramolecular Hbond substituents is 1. The van der Waals surface area contributed by atoms with E-state index in [-0.39, 0.29) is 17.1 Å². The fraction of sp³-hybridized carbons (Fsp3) is 0.429. The summed E-state index contributed by atoms with van der Waals surface area (Å²) in [6, 6.07) is 12.2. The SMILES string of the molecule is CCCCN(CCCC)CCCN1C(=O)C(=O)/C(=C(/O)c2ccc(Cl)cc2)C1c1ccc(O)cc1. The number of aliphatic hydroxyl groups excluding tert-OH is 1. The van der Waals surface area contributed by atoms with Gasteiger partial charge in [0.25, 0.3) is 11.7 Å². The highest BCUT2D eigenvalue weighted by Crippen LogP contribution is 2.40. The van der Waals surface area contributed by atoms with E-state index in [4.69, 9.17) is 11.6 Å². The topological polar surface area (TPSA) is 81.1 Å². The molecule has 3 rings (SSSR count). The largest absolute Gasteiger partial charge is 0.508 e. The number of benzene rings is 2. The van der Waals surface area contributed by atoms with Gasteiger partial charge in [-0.05, 0) is 80.9 Å². The number of Topliss-reactive ketones (excluding diaryl/α,β-unsaturated/α-hetero) is 1. The van der Waals surface area contributed by atoms with E-state index in [1.165, 1.54) is 12.1 Å². The van der Waals surface area contributed by atoms with Crippen molar-refractivity contribution < 1.29 is 19.8 Å². The van der Waals surface area contributed by atoms with Gasteiger partial charge >= 0.3 is 0 Å². The number of carbonyl (C=O) groups excluding carboxylic acids is 2. The number of carbonyl (C=O) groups is 2. The van der Waals surface area contributed by atoms with Crippen LogP contribution in [0.5, 0.6) is 5.75 Å². The van der Waals surface area contributed by atoms with Crippen LogP contribution in [0.3, 0.4) is 0 Å². The number of amides is 1. The van der Waals surface area contributed by atoms with Gasteiger partial charge in [0.05, 0.1) is 11.6 Å². The smallest absolute Gasteiger partial charge is 0.295 e. The Balaban J connectivity index is 1.90. The Kier molecular flexibility index (Phi) is 9.75. The molecule has 1 amide bonds. The van der Waals surface area contributed by atoms with Gasteiger partial charge in [-0.2, -0.15) is 0 Å². The molecule has 1 unspecified atom stereocenters. The number of aromatic hydroxyl groups is 1. The summed E-state index contributed by atoms with van der Waals surface area (Å²) >= 11 is 5.98. The third-order valence-electron chi connectivity index (χ3n) is 6.40. The lowest BCUT2D eigenvalue weighted by atomic mass is 9.95. The zero-order chi connectivity index (χ0) is 25.4. The van der Waals surface area contributed by atoms with Gasteiger partial charge in [-0.1, -0.05) is 50.4 Å². The van der Waals surface area contributed by atoms with E-state index in [0.29, 0.717) is 22.7 Å². The Hall–Kier alpha value is -2.83. The monoisotopic (exact) mass is 498 g/mol. The van der Waals surface area contributed by atoms with Crippen molar-refractivity contribution in [2.24, 2.45) is 0 Å². The van der Waals surface area contributed by atoms with Crippen molar-refractivity contribution >= 4 is 29.1 Å². The highest BCUT2D eigenvalue weighted by molar-refractivity contribution is 6.46. The first kappa shape index (κ1) is 26.8. The van der Waals surface area contributed by atoms with Gasteiger partial charge in [0.1, 0.15) is 11.5 Å². The molecule has 7 heteroatoms. The number of ketones is 1. The second-order valence-corrected chi connectivity index (χ2v) is 9.43. The molecule has 1 heterocycles. The van der Waals surface area contributed by atoms with E-state index in [1.54, 1.807) is 41.3 Å². The number of likely N-dealkylation sites (tertiary alicyclic amines) is 1. The van der Waals surface area contributed by atoms with Gasteiger partial charge in [-0.25, -0.2) is 0 Å². The van der Waals surface area contributed by atoms with Crippen LogP contribution in [0.2, 0.25) is 5.02 Å². The minimum Gasteiger partial charge on any atom is -0.508 e. The Morgan fingerprint density at radius 1 is 0.914 bits per heavy atom. The quantitative estimate of drug-likeness (QED) is 0.221. The number of unbranched alkanes of at least 4 members (excludes halogenated alkanes) is 2. The normalized spacial score (nSPS) is 17.5. The van der Waals surface area contributed by atoms with Crippen molar-refractivity contribution in [1.82, 2.24) is 9.80 Å². The van der Waals surface area contributed by atoms with Gasteiger partial charge in [-0.15, -0.1) is 0 Å². The molecule has 1 aliphatic rings.